The van der Waals surface area contributed by atoms with Gasteiger partial charge in [-0.25, -0.2) is 0 Å². The van der Waals surface area contributed by atoms with Crippen molar-refractivity contribution in [1.82, 2.24) is 0 Å². The Balaban J connectivity index is 1.41. The number of benzene rings is 3. The third kappa shape index (κ3) is 6.55. The van der Waals surface area contributed by atoms with E-state index in [4.69, 9.17) is 34.8 Å². The monoisotopic (exact) mass is 528 g/mol. The van der Waals surface area contributed by atoms with E-state index in [1.165, 1.54) is 6.26 Å². The van der Waals surface area contributed by atoms with Gasteiger partial charge < -0.3 is 34.8 Å². The van der Waals surface area contributed by atoms with Crippen molar-refractivity contribution in [2.24, 2.45) is 5.73 Å². The van der Waals surface area contributed by atoms with Gasteiger partial charge in [0.2, 0.25) is 5.76 Å². The van der Waals surface area contributed by atoms with Crippen molar-refractivity contribution in [1.29, 1.82) is 0 Å². The summed E-state index contributed by atoms with van der Waals surface area (Å²) in [6.45, 7) is 1.37. The molecule has 5 rings (SSSR count). The summed E-state index contributed by atoms with van der Waals surface area (Å²) < 4.78 is 30.9. The molecule has 4 unspecified atom stereocenters. The van der Waals surface area contributed by atoms with E-state index in [1.807, 2.05) is 91.0 Å². The van der Waals surface area contributed by atoms with Crippen LogP contribution in [0.1, 0.15) is 38.9 Å². The zero-order chi connectivity index (χ0) is 27.0. The van der Waals surface area contributed by atoms with Crippen molar-refractivity contribution in [3.8, 4) is 0 Å². The SMILES string of the molecule is NC(=O)c1occ(C2OC(COCc3ccccc3)C(OCc3ccccc3)C2OCc2ccccc2)c1N. The molecule has 8 nitrogen and oxygen atoms in total. The number of anilines is 1. The molecule has 4 aromatic rings. The first kappa shape index (κ1) is 26.6. The highest BCUT2D eigenvalue weighted by atomic mass is 16.6. The topological polar surface area (TPSA) is 119 Å². The third-order valence-electron chi connectivity index (χ3n) is 6.66. The van der Waals surface area contributed by atoms with Crippen LogP contribution in [0.4, 0.5) is 5.69 Å². The minimum Gasteiger partial charge on any atom is -0.457 e. The molecular formula is C31H32N2O6. The Bertz CT molecular complexity index is 1330. The predicted octanol–water partition coefficient (Wildman–Crippen LogP) is 4.79. The molecule has 4 N–H and O–H groups in total. The van der Waals surface area contributed by atoms with Crippen LogP contribution in [0.25, 0.3) is 0 Å². The third-order valence-corrected chi connectivity index (χ3v) is 6.66. The highest BCUT2D eigenvalue weighted by Crippen LogP contribution is 2.42. The fraction of sp³-hybridized carbons (Fsp3) is 0.258. The second kappa shape index (κ2) is 12.7. The molecule has 3 aromatic carbocycles. The molecule has 0 saturated carbocycles. The van der Waals surface area contributed by atoms with Gasteiger partial charge in [0.25, 0.3) is 5.91 Å². The minimum atomic E-state index is -0.752. The Morgan fingerprint density at radius 1 is 0.744 bits per heavy atom. The summed E-state index contributed by atoms with van der Waals surface area (Å²) in [5.41, 5.74) is 15.4. The molecular weight excluding hydrogens is 496 g/mol. The highest BCUT2D eigenvalue weighted by molar-refractivity contribution is 5.95. The molecule has 4 atom stereocenters. The van der Waals surface area contributed by atoms with Gasteiger partial charge in [0, 0.05) is 5.56 Å². The van der Waals surface area contributed by atoms with Crippen LogP contribution in [0.5, 0.6) is 0 Å². The van der Waals surface area contributed by atoms with Gasteiger partial charge in [-0.2, -0.15) is 0 Å². The fourth-order valence-electron chi connectivity index (χ4n) is 4.69. The average Bonchev–Trinajstić information content (AvgIpc) is 3.52. The van der Waals surface area contributed by atoms with E-state index in [0.29, 0.717) is 25.4 Å². The van der Waals surface area contributed by atoms with E-state index in [0.717, 1.165) is 16.7 Å². The van der Waals surface area contributed by atoms with Crippen molar-refractivity contribution in [2.75, 3.05) is 12.3 Å². The summed E-state index contributed by atoms with van der Waals surface area (Å²) in [7, 11) is 0. The van der Waals surface area contributed by atoms with Crippen LogP contribution < -0.4 is 11.5 Å². The number of primary amides is 1. The normalized spacial score (nSPS) is 20.7. The van der Waals surface area contributed by atoms with Crippen LogP contribution >= 0.6 is 0 Å². The molecule has 1 aromatic heterocycles. The molecule has 39 heavy (non-hydrogen) atoms. The zero-order valence-corrected chi connectivity index (χ0v) is 21.5. The molecule has 0 aliphatic carbocycles. The minimum absolute atomic E-state index is 0.110. The van der Waals surface area contributed by atoms with Gasteiger partial charge in [0.15, 0.2) is 0 Å². The second-order valence-electron chi connectivity index (χ2n) is 9.42. The summed E-state index contributed by atoms with van der Waals surface area (Å²) in [5.74, 6) is -0.862. The Kier molecular flexibility index (Phi) is 8.70. The highest BCUT2D eigenvalue weighted by Gasteiger charge is 2.48. The largest absolute Gasteiger partial charge is 0.457 e. The van der Waals surface area contributed by atoms with Gasteiger partial charge in [0.05, 0.1) is 38.4 Å². The molecule has 1 fully saturated rings. The molecule has 8 heteroatoms. The molecule has 202 valence electrons. The maximum Gasteiger partial charge on any atom is 0.286 e. The molecule has 1 aliphatic rings. The maximum atomic E-state index is 11.8. The lowest BCUT2D eigenvalue weighted by Crippen LogP contribution is -2.37. The first-order valence-corrected chi connectivity index (χ1v) is 12.8. The van der Waals surface area contributed by atoms with E-state index >= 15 is 0 Å². The van der Waals surface area contributed by atoms with E-state index in [1.54, 1.807) is 0 Å². The summed E-state index contributed by atoms with van der Waals surface area (Å²) in [5, 5.41) is 0. The number of amides is 1. The van der Waals surface area contributed by atoms with Crippen molar-refractivity contribution in [3.63, 3.8) is 0 Å². The number of hydrogen-bond acceptors (Lipinski definition) is 7. The molecule has 1 amide bonds. The van der Waals surface area contributed by atoms with E-state index in [-0.39, 0.29) is 18.1 Å². The maximum absolute atomic E-state index is 11.8. The lowest BCUT2D eigenvalue weighted by molar-refractivity contribution is -0.0898. The van der Waals surface area contributed by atoms with E-state index in [9.17, 15) is 4.79 Å². The summed E-state index contributed by atoms with van der Waals surface area (Å²) in [6, 6.07) is 29.7. The number of hydrogen-bond donors (Lipinski definition) is 2. The molecule has 2 heterocycles. The van der Waals surface area contributed by atoms with Crippen LogP contribution in [0.3, 0.4) is 0 Å². The summed E-state index contributed by atoms with van der Waals surface area (Å²) in [6.07, 6.45) is -0.812. The summed E-state index contributed by atoms with van der Waals surface area (Å²) in [4.78, 5) is 11.8. The Morgan fingerprint density at radius 3 is 1.77 bits per heavy atom. The van der Waals surface area contributed by atoms with E-state index < -0.39 is 30.3 Å². The van der Waals surface area contributed by atoms with Crippen molar-refractivity contribution < 1.29 is 28.2 Å². The first-order chi connectivity index (χ1) is 19.1. The number of furan rings is 1. The smallest absolute Gasteiger partial charge is 0.286 e. The van der Waals surface area contributed by atoms with Crippen LogP contribution in [0, 0.1) is 0 Å². The van der Waals surface area contributed by atoms with Gasteiger partial charge in [-0.05, 0) is 16.7 Å². The quantitative estimate of drug-likeness (QED) is 0.271. The molecule has 1 saturated heterocycles. The Labute approximate surface area is 227 Å². The van der Waals surface area contributed by atoms with Crippen LogP contribution in [-0.4, -0.2) is 30.8 Å². The van der Waals surface area contributed by atoms with Gasteiger partial charge >= 0.3 is 0 Å². The van der Waals surface area contributed by atoms with Crippen LogP contribution in [-0.2, 0) is 38.8 Å². The van der Waals surface area contributed by atoms with Gasteiger partial charge in [-0.3, -0.25) is 4.79 Å². The number of nitrogens with two attached hydrogens (primary N) is 2. The number of ether oxygens (including phenoxy) is 4. The van der Waals surface area contributed by atoms with Gasteiger partial charge in [0.1, 0.15) is 24.4 Å². The number of rotatable bonds is 12. The molecule has 0 spiro atoms. The molecule has 0 bridgehead atoms. The summed E-state index contributed by atoms with van der Waals surface area (Å²) >= 11 is 0. The van der Waals surface area contributed by atoms with Crippen LogP contribution in [0.2, 0.25) is 0 Å². The molecule has 0 radical (unpaired) electrons. The van der Waals surface area contributed by atoms with Crippen LogP contribution in [0.15, 0.2) is 102 Å². The van der Waals surface area contributed by atoms with Crippen molar-refractivity contribution in [2.45, 2.75) is 44.2 Å². The average molecular weight is 529 g/mol. The number of carbonyl (C=O) groups excluding carboxylic acids is 1. The van der Waals surface area contributed by atoms with Gasteiger partial charge in [-0.1, -0.05) is 91.0 Å². The lowest BCUT2D eigenvalue weighted by atomic mass is 10.0. The predicted molar refractivity (Wildman–Crippen MR) is 145 cm³/mol. The standard InChI is InChI=1S/C31H32N2O6/c32-26-24(19-38-29(26)31(33)34)27-30(37-18-23-14-8-3-9-15-23)28(36-17-22-12-6-2-7-13-22)25(39-27)20-35-16-21-10-4-1-5-11-21/h1-15,19,25,27-28,30H,16-18,20,32H2,(H2,33,34). The van der Waals surface area contributed by atoms with Crippen molar-refractivity contribution in [3.05, 3.63) is 125 Å². The van der Waals surface area contributed by atoms with E-state index in [2.05, 4.69) is 0 Å². The lowest BCUT2D eigenvalue weighted by Gasteiger charge is -2.25. The first-order valence-electron chi connectivity index (χ1n) is 12.8. The Morgan fingerprint density at radius 2 is 1.26 bits per heavy atom. The molecule has 1 aliphatic heterocycles. The number of nitrogen functional groups attached to an aromatic ring is 1. The van der Waals surface area contributed by atoms with Gasteiger partial charge in [-0.15, -0.1) is 0 Å². The zero-order valence-electron chi connectivity index (χ0n) is 21.5. The second-order valence-corrected chi connectivity index (χ2v) is 9.42. The van der Waals surface area contributed by atoms with Crippen molar-refractivity contribution >= 4 is 11.6 Å². The Hall–Kier alpha value is -3.95. The fourth-order valence-corrected chi connectivity index (χ4v) is 4.69. The number of carbonyl (C=O) groups is 1.